The van der Waals surface area contributed by atoms with Crippen LogP contribution in [-0.2, 0) is 5.21 Å². The summed E-state index contributed by atoms with van der Waals surface area (Å²) in [6.45, 7) is 7.15. The molecule has 0 atom stereocenters. The lowest BCUT2D eigenvalue weighted by atomic mass is 9.84. The van der Waals surface area contributed by atoms with Gasteiger partial charge in [-0.15, -0.1) is 0 Å². The zero-order valence-electron chi connectivity index (χ0n) is 18.9. The third-order valence-electron chi connectivity index (χ3n) is 6.65. The molecule has 0 unspecified atom stereocenters. The van der Waals surface area contributed by atoms with Gasteiger partial charge >= 0.3 is 5.84 Å². The Kier molecular flexibility index (Phi) is 4.61. The summed E-state index contributed by atoms with van der Waals surface area (Å²) < 4.78 is 4.20. The first-order valence-corrected chi connectivity index (χ1v) is 10.6. The van der Waals surface area contributed by atoms with Crippen molar-refractivity contribution >= 4 is 5.84 Å². The number of hydroxylamine groups is 3. The maximum Gasteiger partial charge on any atom is 0.316 e. The molecule has 1 radical (unpaired) electrons. The topological polar surface area (TPSA) is 97.7 Å². The fourth-order valence-corrected chi connectivity index (χ4v) is 3.87. The third kappa shape index (κ3) is 3.20. The number of hydrogen-bond donors (Lipinski definition) is 0. The molecule has 0 aliphatic carbocycles. The van der Waals surface area contributed by atoms with Gasteiger partial charge in [0.15, 0.2) is 17.2 Å². The smallest absolute Gasteiger partial charge is 0.316 e. The highest BCUT2D eigenvalue weighted by Crippen LogP contribution is 2.37. The van der Waals surface area contributed by atoms with Crippen molar-refractivity contribution in [3.8, 4) is 22.8 Å². The van der Waals surface area contributed by atoms with Gasteiger partial charge in [0, 0.05) is 30.0 Å². The first-order valence-electron chi connectivity index (χ1n) is 10.6. The van der Waals surface area contributed by atoms with E-state index in [0.29, 0.717) is 17.2 Å². The Hall–Kier alpha value is -3.98. The molecule has 1 aliphatic heterocycles. The first kappa shape index (κ1) is 20.9. The van der Waals surface area contributed by atoms with Crippen LogP contribution >= 0.6 is 0 Å². The molecule has 0 amide bonds. The molecule has 0 saturated carbocycles. The summed E-state index contributed by atoms with van der Waals surface area (Å²) in [5.41, 5.74) is 0.685. The zero-order valence-corrected chi connectivity index (χ0v) is 18.9. The largest absolute Gasteiger partial charge is 0.714 e. The number of amidine groups is 1. The van der Waals surface area contributed by atoms with Crippen molar-refractivity contribution in [2.24, 2.45) is 0 Å². The Labute approximate surface area is 191 Å². The van der Waals surface area contributed by atoms with Crippen molar-refractivity contribution in [2.75, 3.05) is 0 Å². The highest BCUT2D eigenvalue weighted by Gasteiger charge is 2.59. The Morgan fingerprint density at radius 3 is 1.76 bits per heavy atom. The predicted octanol–water partition coefficient (Wildman–Crippen LogP) is 3.60. The second kappa shape index (κ2) is 7.28. The minimum absolute atomic E-state index is 0.126. The quantitative estimate of drug-likeness (QED) is 0.355. The number of pyridine rings is 1. The van der Waals surface area contributed by atoms with Gasteiger partial charge in [-0.3, -0.25) is 4.74 Å². The highest BCUT2D eigenvalue weighted by molar-refractivity contribution is 5.96. The van der Waals surface area contributed by atoms with Gasteiger partial charge in [-0.1, -0.05) is 17.2 Å². The van der Waals surface area contributed by atoms with E-state index in [1.807, 2.05) is 48.8 Å². The van der Waals surface area contributed by atoms with Crippen LogP contribution in [0.4, 0.5) is 0 Å². The molecule has 0 saturated heterocycles. The average molecular weight is 443 g/mol. The highest BCUT2D eigenvalue weighted by atomic mass is 16.5. The van der Waals surface area contributed by atoms with Crippen LogP contribution in [0.15, 0.2) is 73.3 Å². The molecule has 1 aromatic carbocycles. The Bertz CT molecular complexity index is 1270. The van der Waals surface area contributed by atoms with Crippen LogP contribution in [0.2, 0.25) is 0 Å². The summed E-state index contributed by atoms with van der Waals surface area (Å²) in [7, 11) is 0. The number of benzene rings is 1. The fourth-order valence-electron chi connectivity index (χ4n) is 3.87. The molecule has 4 aromatic rings. The molecule has 9 nitrogen and oxygen atoms in total. The van der Waals surface area contributed by atoms with E-state index in [0.717, 1.165) is 20.9 Å². The van der Waals surface area contributed by atoms with Gasteiger partial charge in [0.2, 0.25) is 0 Å². The Balaban J connectivity index is 1.57. The monoisotopic (exact) mass is 442 g/mol. The minimum Gasteiger partial charge on any atom is -0.714 e. The molecular formula is C24H24N7O2. The van der Waals surface area contributed by atoms with E-state index < -0.39 is 11.1 Å². The molecule has 0 spiro atoms. The van der Waals surface area contributed by atoms with E-state index in [4.69, 9.17) is 0 Å². The lowest BCUT2D eigenvalue weighted by Crippen LogP contribution is -2.53. The lowest BCUT2D eigenvalue weighted by Gasteiger charge is -2.32. The lowest BCUT2D eigenvalue weighted by molar-refractivity contribution is -0.539. The standard InChI is InChI=1S/C24H24N7O2/c1-23(2)24(3,4)31(33)22(30(23)32)18-9-7-17(8-10-18)19-15-20(28-13-5-11-25-28)27-21(16-19)29-14-6-12-26-29/h5-16H,1-4H3. The van der Waals surface area contributed by atoms with Gasteiger partial charge in [0.25, 0.3) is 0 Å². The molecule has 167 valence electrons. The van der Waals surface area contributed by atoms with Crippen molar-refractivity contribution in [2.45, 2.75) is 38.8 Å². The molecule has 5 rings (SSSR count). The van der Waals surface area contributed by atoms with Crippen LogP contribution in [0.5, 0.6) is 0 Å². The second-order valence-corrected chi connectivity index (χ2v) is 9.08. The van der Waals surface area contributed by atoms with Crippen molar-refractivity contribution in [1.29, 1.82) is 0 Å². The van der Waals surface area contributed by atoms with Crippen LogP contribution < -0.4 is 0 Å². The Morgan fingerprint density at radius 2 is 1.33 bits per heavy atom. The van der Waals surface area contributed by atoms with Crippen molar-refractivity contribution in [3.05, 3.63) is 84.1 Å². The number of nitrogens with zero attached hydrogens (tertiary/aromatic N) is 7. The Morgan fingerprint density at radius 1 is 0.818 bits per heavy atom. The summed E-state index contributed by atoms with van der Waals surface area (Å²) in [6.07, 6.45) is 7.05. The minimum atomic E-state index is -0.856. The SMILES string of the molecule is CC1(C)N([O])C(c2ccc(-c3cc(-n4cccn4)nc(-n4cccn4)c3)cc2)=[N+]([O-])C1(C)C. The zero-order chi connectivity index (χ0) is 23.4. The van der Waals surface area contributed by atoms with Gasteiger partial charge in [-0.25, -0.2) is 14.3 Å². The van der Waals surface area contributed by atoms with Gasteiger partial charge in [-0.2, -0.15) is 10.2 Å². The van der Waals surface area contributed by atoms with E-state index in [9.17, 15) is 10.4 Å². The average Bonchev–Trinajstić information content (AvgIpc) is 3.55. The van der Waals surface area contributed by atoms with Crippen molar-refractivity contribution in [1.82, 2.24) is 29.6 Å². The number of rotatable bonds is 4. The van der Waals surface area contributed by atoms with Gasteiger partial charge < -0.3 is 5.21 Å². The summed E-state index contributed by atoms with van der Waals surface area (Å²) >= 11 is 0. The molecule has 1 aliphatic rings. The summed E-state index contributed by atoms with van der Waals surface area (Å²) in [4.78, 5) is 4.68. The van der Waals surface area contributed by atoms with E-state index >= 15 is 0 Å². The van der Waals surface area contributed by atoms with Gasteiger partial charge in [0.05, 0.1) is 5.56 Å². The second-order valence-electron chi connectivity index (χ2n) is 9.08. The van der Waals surface area contributed by atoms with Gasteiger partial charge in [-0.05, 0) is 75.2 Å². The van der Waals surface area contributed by atoms with E-state index in [2.05, 4.69) is 15.2 Å². The van der Waals surface area contributed by atoms with Crippen molar-refractivity contribution < 1.29 is 9.95 Å². The molecule has 0 N–H and O–H groups in total. The molecule has 4 heterocycles. The van der Waals surface area contributed by atoms with Crippen LogP contribution in [-0.4, -0.2) is 51.3 Å². The first-order chi connectivity index (χ1) is 15.7. The number of aromatic nitrogens is 5. The number of hydrogen-bond acceptors (Lipinski definition) is 5. The van der Waals surface area contributed by atoms with E-state index in [1.165, 1.54) is 0 Å². The van der Waals surface area contributed by atoms with E-state index in [1.54, 1.807) is 61.6 Å². The van der Waals surface area contributed by atoms with Crippen LogP contribution in [0.25, 0.3) is 22.8 Å². The fraction of sp³-hybridized carbons (Fsp3) is 0.250. The third-order valence-corrected chi connectivity index (χ3v) is 6.65. The predicted molar refractivity (Wildman–Crippen MR) is 122 cm³/mol. The molecule has 33 heavy (non-hydrogen) atoms. The molecule has 0 fully saturated rings. The van der Waals surface area contributed by atoms with Crippen LogP contribution in [0.3, 0.4) is 0 Å². The maximum atomic E-state index is 13.0. The summed E-state index contributed by atoms with van der Waals surface area (Å²) in [5.74, 6) is 1.43. The molecule has 0 bridgehead atoms. The van der Waals surface area contributed by atoms with Gasteiger partial charge in [0.1, 0.15) is 5.54 Å². The van der Waals surface area contributed by atoms with Crippen molar-refractivity contribution in [3.63, 3.8) is 0 Å². The molecule has 9 heteroatoms. The normalized spacial score (nSPS) is 17.1. The van der Waals surface area contributed by atoms with Crippen LogP contribution in [0.1, 0.15) is 33.3 Å². The molecular weight excluding hydrogens is 418 g/mol. The summed E-state index contributed by atoms with van der Waals surface area (Å²) in [5, 5.41) is 35.4. The maximum absolute atomic E-state index is 13.0. The van der Waals surface area contributed by atoms with E-state index in [-0.39, 0.29) is 5.84 Å². The van der Waals surface area contributed by atoms with Crippen LogP contribution in [0, 0.1) is 5.21 Å². The summed E-state index contributed by atoms with van der Waals surface area (Å²) in [6, 6.07) is 14.9. The molecule has 3 aromatic heterocycles.